The normalized spacial score (nSPS) is 22.7. The van der Waals surface area contributed by atoms with Crippen LogP contribution in [0.3, 0.4) is 0 Å². The summed E-state index contributed by atoms with van der Waals surface area (Å²) in [5.41, 5.74) is 0.212. The molecular weight excluding hydrogens is 385 g/mol. The molecule has 4 rings (SSSR count). The Kier molecular flexibility index (Phi) is 5.47. The SMILES string of the molecule is O=C1N[C@@H]2COC[C@H]1CN(Cc1cccc(Oc3cccc(C(F)(F)F)c3)c1)C2. The summed E-state index contributed by atoms with van der Waals surface area (Å²) in [7, 11) is 0. The molecule has 1 amide bonds. The zero-order valence-electron chi connectivity index (χ0n) is 15.6. The lowest BCUT2D eigenvalue weighted by Gasteiger charge is -2.27. The average Bonchev–Trinajstić information content (AvgIpc) is 2.90. The van der Waals surface area contributed by atoms with E-state index in [0.717, 1.165) is 17.7 Å². The Hall–Kier alpha value is -2.58. The van der Waals surface area contributed by atoms with Crippen LogP contribution in [0.2, 0.25) is 0 Å². The number of ether oxygens (including phenoxy) is 2. The molecule has 2 aliphatic rings. The lowest BCUT2D eigenvalue weighted by atomic mass is 10.1. The van der Waals surface area contributed by atoms with Crippen molar-refractivity contribution in [3.8, 4) is 11.5 Å². The van der Waals surface area contributed by atoms with Gasteiger partial charge in [0.25, 0.3) is 0 Å². The molecule has 2 atom stereocenters. The Balaban J connectivity index is 1.46. The molecule has 2 bridgehead atoms. The van der Waals surface area contributed by atoms with E-state index in [4.69, 9.17) is 9.47 Å². The van der Waals surface area contributed by atoms with Gasteiger partial charge in [-0.05, 0) is 35.9 Å². The smallest absolute Gasteiger partial charge is 0.416 e. The zero-order chi connectivity index (χ0) is 20.4. The predicted octanol–water partition coefficient (Wildman–Crippen LogP) is 3.44. The molecule has 2 fully saturated rings. The Labute approximate surface area is 166 Å². The minimum absolute atomic E-state index is 0.0247. The number of hydrogen-bond donors (Lipinski definition) is 1. The first-order valence-electron chi connectivity index (χ1n) is 9.41. The Morgan fingerprint density at radius 2 is 1.83 bits per heavy atom. The average molecular weight is 406 g/mol. The lowest BCUT2D eigenvalue weighted by molar-refractivity contribution is -0.137. The summed E-state index contributed by atoms with van der Waals surface area (Å²) >= 11 is 0. The standard InChI is InChI=1S/C21H21F3N2O3/c22-21(23,24)16-4-2-6-19(8-16)29-18-5-1-3-14(7-18)9-26-10-15-12-28-13-17(11-26)25-20(15)27/h1-8,15,17H,9-13H2,(H,25,27)/t15-,17+/m1/s1. The fourth-order valence-electron chi connectivity index (χ4n) is 3.69. The number of rotatable bonds is 4. The molecule has 0 aliphatic carbocycles. The second-order valence-corrected chi connectivity index (χ2v) is 7.41. The van der Waals surface area contributed by atoms with Crippen molar-refractivity contribution in [1.82, 2.24) is 10.2 Å². The van der Waals surface area contributed by atoms with Gasteiger partial charge in [0.05, 0.1) is 30.7 Å². The number of fused-ring (bicyclic) bond motifs is 3. The van der Waals surface area contributed by atoms with Gasteiger partial charge in [0, 0.05) is 19.6 Å². The monoisotopic (exact) mass is 406 g/mol. The molecule has 0 unspecified atom stereocenters. The second-order valence-electron chi connectivity index (χ2n) is 7.41. The molecule has 2 aromatic carbocycles. The summed E-state index contributed by atoms with van der Waals surface area (Å²) in [5.74, 6) is 0.422. The van der Waals surface area contributed by atoms with Crippen LogP contribution in [0, 0.1) is 5.92 Å². The minimum Gasteiger partial charge on any atom is -0.457 e. The number of nitrogens with one attached hydrogen (secondary N) is 1. The molecule has 1 N–H and O–H groups in total. The van der Waals surface area contributed by atoms with Crippen LogP contribution >= 0.6 is 0 Å². The molecule has 8 heteroatoms. The molecule has 0 spiro atoms. The van der Waals surface area contributed by atoms with Crippen molar-refractivity contribution < 1.29 is 27.4 Å². The summed E-state index contributed by atoms with van der Waals surface area (Å²) in [5, 5.41) is 3.00. The number of alkyl halides is 3. The molecule has 29 heavy (non-hydrogen) atoms. The second kappa shape index (κ2) is 8.04. The van der Waals surface area contributed by atoms with Gasteiger partial charge in [0.2, 0.25) is 5.91 Å². The van der Waals surface area contributed by atoms with Crippen LogP contribution < -0.4 is 10.1 Å². The van der Waals surface area contributed by atoms with Crippen molar-refractivity contribution in [3.05, 3.63) is 59.7 Å². The van der Waals surface area contributed by atoms with Gasteiger partial charge in [-0.3, -0.25) is 9.69 Å². The molecule has 0 radical (unpaired) electrons. The van der Waals surface area contributed by atoms with Crippen molar-refractivity contribution >= 4 is 5.91 Å². The van der Waals surface area contributed by atoms with Gasteiger partial charge in [-0.25, -0.2) is 0 Å². The summed E-state index contributed by atoms with van der Waals surface area (Å²) in [6, 6.07) is 12.0. The number of benzene rings is 2. The maximum Gasteiger partial charge on any atom is 0.416 e. The number of carbonyl (C=O) groups excluding carboxylic acids is 1. The van der Waals surface area contributed by atoms with E-state index in [0.29, 0.717) is 38.6 Å². The van der Waals surface area contributed by atoms with Crippen LogP contribution in [0.1, 0.15) is 11.1 Å². The molecule has 5 nitrogen and oxygen atoms in total. The third-order valence-corrected chi connectivity index (χ3v) is 5.01. The molecular formula is C21H21F3N2O3. The van der Waals surface area contributed by atoms with Gasteiger partial charge < -0.3 is 14.8 Å². The molecule has 2 heterocycles. The highest BCUT2D eigenvalue weighted by molar-refractivity contribution is 5.79. The highest BCUT2D eigenvalue weighted by Crippen LogP contribution is 2.33. The first kappa shape index (κ1) is 19.7. The van der Waals surface area contributed by atoms with Gasteiger partial charge >= 0.3 is 6.18 Å². The minimum atomic E-state index is -4.42. The quantitative estimate of drug-likeness (QED) is 0.845. The largest absolute Gasteiger partial charge is 0.457 e. The Bertz CT molecular complexity index is 887. The van der Waals surface area contributed by atoms with Gasteiger partial charge in [-0.15, -0.1) is 0 Å². The summed E-state index contributed by atoms with van der Waals surface area (Å²) in [6.45, 7) is 2.80. The predicted molar refractivity (Wildman–Crippen MR) is 99.5 cm³/mol. The number of amides is 1. The Morgan fingerprint density at radius 3 is 2.62 bits per heavy atom. The first-order chi connectivity index (χ1) is 13.9. The van der Waals surface area contributed by atoms with E-state index >= 15 is 0 Å². The molecule has 154 valence electrons. The van der Waals surface area contributed by atoms with Crippen molar-refractivity contribution in [1.29, 1.82) is 0 Å². The van der Waals surface area contributed by atoms with Crippen LogP contribution in [0.4, 0.5) is 13.2 Å². The molecule has 0 aromatic heterocycles. The molecule has 2 saturated heterocycles. The van der Waals surface area contributed by atoms with E-state index in [9.17, 15) is 18.0 Å². The van der Waals surface area contributed by atoms with Crippen LogP contribution in [0.15, 0.2) is 48.5 Å². The maximum absolute atomic E-state index is 12.9. The molecule has 2 aromatic rings. The van der Waals surface area contributed by atoms with Crippen LogP contribution in [0.25, 0.3) is 0 Å². The van der Waals surface area contributed by atoms with E-state index in [2.05, 4.69) is 10.2 Å². The van der Waals surface area contributed by atoms with Gasteiger partial charge in [-0.2, -0.15) is 13.2 Å². The first-order valence-corrected chi connectivity index (χ1v) is 9.41. The molecule has 0 saturated carbocycles. The molecule has 2 aliphatic heterocycles. The third kappa shape index (κ3) is 4.89. The number of hydrogen-bond acceptors (Lipinski definition) is 4. The van der Waals surface area contributed by atoms with Gasteiger partial charge in [0.1, 0.15) is 11.5 Å². The van der Waals surface area contributed by atoms with Crippen molar-refractivity contribution in [3.63, 3.8) is 0 Å². The summed E-state index contributed by atoms with van der Waals surface area (Å²) in [6.07, 6.45) is -4.42. The summed E-state index contributed by atoms with van der Waals surface area (Å²) < 4.78 is 49.9. The van der Waals surface area contributed by atoms with Crippen molar-refractivity contribution in [2.75, 3.05) is 26.3 Å². The van der Waals surface area contributed by atoms with E-state index < -0.39 is 11.7 Å². The highest BCUT2D eigenvalue weighted by Gasteiger charge is 2.33. The van der Waals surface area contributed by atoms with E-state index in [1.165, 1.54) is 12.1 Å². The van der Waals surface area contributed by atoms with Crippen molar-refractivity contribution in [2.45, 2.75) is 18.8 Å². The number of carbonyl (C=O) groups is 1. The number of halogens is 3. The number of nitrogens with zero attached hydrogens (tertiary/aromatic N) is 1. The summed E-state index contributed by atoms with van der Waals surface area (Å²) in [4.78, 5) is 14.3. The van der Waals surface area contributed by atoms with Crippen LogP contribution in [0.5, 0.6) is 11.5 Å². The Morgan fingerprint density at radius 1 is 1.07 bits per heavy atom. The zero-order valence-corrected chi connectivity index (χ0v) is 15.6. The topological polar surface area (TPSA) is 50.8 Å². The van der Waals surface area contributed by atoms with Crippen molar-refractivity contribution in [2.24, 2.45) is 5.92 Å². The fraction of sp³-hybridized carbons (Fsp3) is 0.381. The fourth-order valence-corrected chi connectivity index (χ4v) is 3.69. The lowest BCUT2D eigenvalue weighted by Crippen LogP contribution is -2.41. The van der Waals surface area contributed by atoms with E-state index in [1.54, 1.807) is 6.07 Å². The van der Waals surface area contributed by atoms with E-state index in [-0.39, 0.29) is 23.6 Å². The van der Waals surface area contributed by atoms with Crippen LogP contribution in [-0.2, 0) is 22.3 Å². The maximum atomic E-state index is 12.9. The third-order valence-electron chi connectivity index (χ3n) is 5.01. The van der Waals surface area contributed by atoms with Gasteiger partial charge in [0.15, 0.2) is 0 Å². The van der Waals surface area contributed by atoms with Crippen LogP contribution in [-0.4, -0.2) is 43.2 Å². The van der Waals surface area contributed by atoms with E-state index in [1.807, 2.05) is 18.2 Å². The van der Waals surface area contributed by atoms with Gasteiger partial charge in [-0.1, -0.05) is 18.2 Å². The highest BCUT2D eigenvalue weighted by atomic mass is 19.4.